The van der Waals surface area contributed by atoms with Crippen LogP contribution in [0.25, 0.3) is 0 Å². The molecule has 2 rings (SSSR count). The fourth-order valence-electron chi connectivity index (χ4n) is 3.99. The molecule has 1 aromatic rings. The summed E-state index contributed by atoms with van der Waals surface area (Å²) in [4.78, 5) is 26.7. The maximum Gasteiger partial charge on any atom is 0.222 e. The summed E-state index contributed by atoms with van der Waals surface area (Å²) in [5.74, 6) is 0.371. The molecule has 0 aromatic heterocycles. The molecule has 0 bridgehead atoms. The summed E-state index contributed by atoms with van der Waals surface area (Å²) in [7, 11) is 0. The number of morpholine rings is 1. The van der Waals surface area contributed by atoms with Gasteiger partial charge in [0.15, 0.2) is 0 Å². The largest absolute Gasteiger partial charge is 0.379 e. The van der Waals surface area contributed by atoms with Crippen LogP contribution < -0.4 is 10.6 Å². The Morgan fingerprint density at radius 3 is 2.32 bits per heavy atom. The second-order valence-electron chi connectivity index (χ2n) is 7.46. The minimum absolute atomic E-state index is 0.0354. The van der Waals surface area contributed by atoms with Crippen molar-refractivity contribution in [3.8, 4) is 0 Å². The summed E-state index contributed by atoms with van der Waals surface area (Å²) < 4.78 is 5.49. The van der Waals surface area contributed by atoms with Crippen molar-refractivity contribution < 1.29 is 14.3 Å². The average Bonchev–Trinajstić information content (AvgIpc) is 2.71. The summed E-state index contributed by atoms with van der Waals surface area (Å²) in [6.45, 7) is 9.87. The SMILES string of the molecule is CCC(CC)C(CNC(=O)CC(NC(C)=O)c1ccccc1)N1CCOCC1. The van der Waals surface area contributed by atoms with Crippen LogP contribution in [0, 0.1) is 5.92 Å². The van der Waals surface area contributed by atoms with Crippen molar-refractivity contribution in [3.05, 3.63) is 35.9 Å². The number of nitrogens with one attached hydrogen (secondary N) is 2. The zero-order chi connectivity index (χ0) is 20.4. The molecule has 28 heavy (non-hydrogen) atoms. The predicted molar refractivity (Wildman–Crippen MR) is 111 cm³/mol. The van der Waals surface area contributed by atoms with Crippen LogP contribution in [0.1, 0.15) is 51.6 Å². The van der Waals surface area contributed by atoms with E-state index in [0.29, 0.717) is 18.5 Å². The summed E-state index contributed by atoms with van der Waals surface area (Å²) in [5, 5.41) is 6.03. The third kappa shape index (κ3) is 6.91. The Morgan fingerprint density at radius 2 is 1.75 bits per heavy atom. The first kappa shape index (κ1) is 22.4. The van der Waals surface area contributed by atoms with Gasteiger partial charge in [-0.3, -0.25) is 14.5 Å². The van der Waals surface area contributed by atoms with Gasteiger partial charge >= 0.3 is 0 Å². The second-order valence-corrected chi connectivity index (χ2v) is 7.46. The molecular weight excluding hydrogens is 354 g/mol. The lowest BCUT2D eigenvalue weighted by atomic mass is 9.92. The van der Waals surface area contributed by atoms with Crippen LogP contribution in [0.2, 0.25) is 0 Å². The van der Waals surface area contributed by atoms with Crippen molar-refractivity contribution in [1.29, 1.82) is 0 Å². The van der Waals surface area contributed by atoms with E-state index in [1.807, 2.05) is 30.3 Å². The lowest BCUT2D eigenvalue weighted by Crippen LogP contribution is -2.52. The molecule has 2 atom stereocenters. The Kier molecular flexibility index (Phi) is 9.44. The number of carbonyl (C=O) groups excluding carboxylic acids is 2. The number of hydrogen-bond donors (Lipinski definition) is 2. The predicted octanol–water partition coefficient (Wildman–Crippen LogP) is 2.51. The van der Waals surface area contributed by atoms with Gasteiger partial charge in [0.2, 0.25) is 11.8 Å². The molecule has 1 aliphatic rings. The first-order valence-electron chi connectivity index (χ1n) is 10.5. The number of ether oxygens (including phenoxy) is 1. The summed E-state index contributed by atoms with van der Waals surface area (Å²) >= 11 is 0. The number of carbonyl (C=O) groups is 2. The van der Waals surface area contributed by atoms with Gasteiger partial charge in [0, 0.05) is 32.6 Å². The number of benzene rings is 1. The van der Waals surface area contributed by atoms with Crippen molar-refractivity contribution in [2.75, 3.05) is 32.8 Å². The average molecular weight is 390 g/mol. The topological polar surface area (TPSA) is 70.7 Å². The molecule has 6 nitrogen and oxygen atoms in total. The van der Waals surface area contributed by atoms with Crippen LogP contribution in [-0.4, -0.2) is 55.6 Å². The van der Waals surface area contributed by atoms with E-state index < -0.39 is 0 Å². The van der Waals surface area contributed by atoms with Crippen LogP contribution in [0.3, 0.4) is 0 Å². The maximum atomic E-state index is 12.7. The van der Waals surface area contributed by atoms with Crippen molar-refractivity contribution in [2.45, 2.75) is 52.1 Å². The van der Waals surface area contributed by atoms with Gasteiger partial charge in [-0.1, -0.05) is 57.0 Å². The summed E-state index contributed by atoms with van der Waals surface area (Å²) in [5.41, 5.74) is 0.942. The molecule has 2 amide bonds. The van der Waals surface area contributed by atoms with Crippen molar-refractivity contribution in [1.82, 2.24) is 15.5 Å². The molecule has 2 unspecified atom stereocenters. The second kappa shape index (κ2) is 11.8. The van der Waals surface area contributed by atoms with Crippen molar-refractivity contribution in [2.24, 2.45) is 5.92 Å². The number of rotatable bonds is 10. The molecule has 1 heterocycles. The van der Waals surface area contributed by atoms with Gasteiger partial charge in [-0.25, -0.2) is 0 Å². The highest BCUT2D eigenvalue weighted by Crippen LogP contribution is 2.20. The van der Waals surface area contributed by atoms with E-state index in [9.17, 15) is 9.59 Å². The zero-order valence-corrected chi connectivity index (χ0v) is 17.4. The standard InChI is InChI=1S/C22H35N3O3/c1-4-18(5-2)21(25-11-13-28-14-12-25)16-23-22(27)15-20(24-17(3)26)19-9-7-6-8-10-19/h6-10,18,20-21H,4-5,11-16H2,1-3H3,(H,23,27)(H,24,26). The monoisotopic (exact) mass is 389 g/mol. The quantitative estimate of drug-likeness (QED) is 0.645. The number of nitrogens with zero attached hydrogens (tertiary/aromatic N) is 1. The molecular formula is C22H35N3O3. The van der Waals surface area contributed by atoms with E-state index in [0.717, 1.165) is 44.7 Å². The zero-order valence-electron chi connectivity index (χ0n) is 17.4. The van der Waals surface area contributed by atoms with Gasteiger partial charge in [0.05, 0.1) is 25.7 Å². The fraction of sp³-hybridized carbons (Fsp3) is 0.636. The molecule has 0 spiro atoms. The molecule has 0 radical (unpaired) electrons. The highest BCUT2D eigenvalue weighted by atomic mass is 16.5. The lowest BCUT2D eigenvalue weighted by Gasteiger charge is -2.38. The van der Waals surface area contributed by atoms with E-state index in [1.165, 1.54) is 6.92 Å². The summed E-state index contributed by atoms with van der Waals surface area (Å²) in [6, 6.07) is 9.65. The first-order valence-corrected chi connectivity index (χ1v) is 10.5. The highest BCUT2D eigenvalue weighted by molar-refractivity contribution is 5.79. The lowest BCUT2D eigenvalue weighted by molar-refractivity contribution is -0.123. The molecule has 6 heteroatoms. The summed E-state index contributed by atoms with van der Waals surface area (Å²) in [6.07, 6.45) is 2.42. The maximum absolute atomic E-state index is 12.7. The van der Waals surface area contributed by atoms with Crippen LogP contribution in [-0.2, 0) is 14.3 Å². The van der Waals surface area contributed by atoms with Gasteiger partial charge in [0.1, 0.15) is 0 Å². The van der Waals surface area contributed by atoms with E-state index in [4.69, 9.17) is 4.74 Å². The molecule has 1 saturated heterocycles. The van der Waals surface area contributed by atoms with Crippen molar-refractivity contribution >= 4 is 11.8 Å². The van der Waals surface area contributed by atoms with Crippen LogP contribution in [0.4, 0.5) is 0 Å². The van der Waals surface area contributed by atoms with Crippen LogP contribution >= 0.6 is 0 Å². The Morgan fingerprint density at radius 1 is 1.11 bits per heavy atom. The minimum Gasteiger partial charge on any atom is -0.379 e. The molecule has 2 N–H and O–H groups in total. The Balaban J connectivity index is 1.98. The molecule has 0 saturated carbocycles. The Labute approximate surface area is 169 Å². The molecule has 156 valence electrons. The normalized spacial score (nSPS) is 17.1. The smallest absolute Gasteiger partial charge is 0.222 e. The van der Waals surface area contributed by atoms with Gasteiger partial charge in [0.25, 0.3) is 0 Å². The van der Waals surface area contributed by atoms with Gasteiger partial charge in [-0.15, -0.1) is 0 Å². The van der Waals surface area contributed by atoms with E-state index in [-0.39, 0.29) is 24.3 Å². The van der Waals surface area contributed by atoms with Crippen LogP contribution in [0.15, 0.2) is 30.3 Å². The number of hydrogen-bond acceptors (Lipinski definition) is 4. The first-order chi connectivity index (χ1) is 13.5. The third-order valence-corrected chi connectivity index (χ3v) is 5.58. The van der Waals surface area contributed by atoms with Crippen LogP contribution in [0.5, 0.6) is 0 Å². The number of amides is 2. The van der Waals surface area contributed by atoms with Gasteiger partial charge in [-0.2, -0.15) is 0 Å². The minimum atomic E-state index is -0.311. The van der Waals surface area contributed by atoms with E-state index >= 15 is 0 Å². The van der Waals surface area contributed by atoms with E-state index in [1.54, 1.807) is 0 Å². The van der Waals surface area contributed by atoms with Gasteiger partial charge in [-0.05, 0) is 11.5 Å². The van der Waals surface area contributed by atoms with Gasteiger partial charge < -0.3 is 15.4 Å². The van der Waals surface area contributed by atoms with E-state index in [2.05, 4.69) is 29.4 Å². The Bertz CT molecular complexity index is 598. The molecule has 1 aliphatic heterocycles. The fourth-order valence-corrected chi connectivity index (χ4v) is 3.99. The molecule has 1 aromatic carbocycles. The highest BCUT2D eigenvalue weighted by Gasteiger charge is 2.27. The third-order valence-electron chi connectivity index (χ3n) is 5.58. The Hall–Kier alpha value is -1.92. The van der Waals surface area contributed by atoms with Crippen molar-refractivity contribution in [3.63, 3.8) is 0 Å². The molecule has 1 fully saturated rings. The molecule has 0 aliphatic carbocycles.